The number of halogens is 3. The highest BCUT2D eigenvalue weighted by Gasteiger charge is 2.33. The predicted molar refractivity (Wildman–Crippen MR) is 178 cm³/mol. The summed E-state index contributed by atoms with van der Waals surface area (Å²) in [5.41, 5.74) is 11.2. The maximum absolute atomic E-state index is 14.5. The fourth-order valence-corrected chi connectivity index (χ4v) is 6.70. The van der Waals surface area contributed by atoms with Gasteiger partial charge in [-0.15, -0.1) is 17.0 Å². The van der Waals surface area contributed by atoms with Crippen molar-refractivity contribution in [2.75, 3.05) is 65.5 Å². The number of benzene rings is 2. The summed E-state index contributed by atoms with van der Waals surface area (Å²) in [4.78, 5) is 19.9. The number of rotatable bonds is 10. The number of carbonyl (C=O) groups excluding carboxylic acids is 1. The van der Waals surface area contributed by atoms with Crippen LogP contribution in [0.5, 0.6) is 5.75 Å². The third-order valence-corrected chi connectivity index (χ3v) is 9.28. The van der Waals surface area contributed by atoms with Gasteiger partial charge in [-0.1, -0.05) is 29.8 Å². The summed E-state index contributed by atoms with van der Waals surface area (Å²) in [5, 5.41) is 4.18. The Morgan fingerprint density at radius 1 is 1.12 bits per heavy atom. The number of piperazine rings is 1. The Morgan fingerprint density at radius 3 is 2.58 bits per heavy atom. The molecule has 2 saturated heterocycles. The van der Waals surface area contributed by atoms with Gasteiger partial charge in [0.1, 0.15) is 11.6 Å². The molecule has 236 valence electrons. The van der Waals surface area contributed by atoms with Crippen LogP contribution in [0.25, 0.3) is 5.57 Å². The second kappa shape index (κ2) is 16.3. The Balaban J connectivity index is 0.00000423. The molecule has 0 saturated carbocycles. The molecule has 3 heterocycles. The number of carbonyl (C=O) groups is 1. The maximum atomic E-state index is 14.5. The highest BCUT2D eigenvalue weighted by molar-refractivity contribution is 8.93. The van der Waals surface area contributed by atoms with Crippen LogP contribution in [-0.2, 0) is 17.8 Å². The van der Waals surface area contributed by atoms with Gasteiger partial charge in [0.25, 0.3) is 0 Å². The minimum absolute atomic E-state index is 0. The van der Waals surface area contributed by atoms with E-state index in [9.17, 15) is 9.18 Å². The molecule has 3 aliphatic rings. The number of hydrogen-bond donors (Lipinski definition) is 2. The van der Waals surface area contributed by atoms with Crippen LogP contribution < -0.4 is 15.8 Å². The van der Waals surface area contributed by atoms with Crippen molar-refractivity contribution >= 4 is 40.1 Å². The quantitative estimate of drug-likeness (QED) is 0.378. The second-order valence-electron chi connectivity index (χ2n) is 11.7. The van der Waals surface area contributed by atoms with Crippen molar-refractivity contribution in [2.24, 2.45) is 11.7 Å². The SMILES string of the molecule is Br.CCOc1cccc(F)c1CN1CCN(C(=O)[C@H](N)C2CCN(CCc3cc(Cl)ccc3C3=CCNCC3)CC2)CC1. The summed E-state index contributed by atoms with van der Waals surface area (Å²) in [6.45, 7) is 10.3. The van der Waals surface area contributed by atoms with Gasteiger partial charge in [0, 0.05) is 56.4 Å². The van der Waals surface area contributed by atoms with Crippen LogP contribution in [0.15, 0.2) is 42.5 Å². The lowest BCUT2D eigenvalue weighted by Crippen LogP contribution is -2.55. The van der Waals surface area contributed by atoms with Crippen molar-refractivity contribution in [2.45, 2.75) is 45.2 Å². The van der Waals surface area contributed by atoms with E-state index in [2.05, 4.69) is 33.3 Å². The largest absolute Gasteiger partial charge is 0.493 e. The number of amides is 1. The van der Waals surface area contributed by atoms with Crippen molar-refractivity contribution in [3.8, 4) is 5.75 Å². The molecule has 43 heavy (non-hydrogen) atoms. The topological polar surface area (TPSA) is 74.1 Å². The molecule has 0 aromatic heterocycles. The van der Waals surface area contributed by atoms with E-state index < -0.39 is 6.04 Å². The summed E-state index contributed by atoms with van der Waals surface area (Å²) in [6, 6.07) is 10.8. The molecule has 3 aliphatic heterocycles. The van der Waals surface area contributed by atoms with Crippen molar-refractivity contribution in [1.29, 1.82) is 0 Å². The standard InChI is InChI=1S/C33H45ClFN5O2.BrH/c1-2-42-31-5-3-4-30(35)29(31)23-39-18-20-40(21-19-39)33(41)32(36)25-10-15-38(16-11-25)17-12-26-22-27(34)6-7-28(26)24-8-13-37-14-9-24;/h3-8,22,25,32,37H,2,9-21,23,36H2,1H3;1H/t32-;/m1./s1. The molecule has 3 N–H and O–H groups in total. The third kappa shape index (κ3) is 8.80. The van der Waals surface area contributed by atoms with Gasteiger partial charge in [0.2, 0.25) is 5.91 Å². The zero-order valence-corrected chi connectivity index (χ0v) is 27.7. The highest BCUT2D eigenvalue weighted by Crippen LogP contribution is 2.28. The van der Waals surface area contributed by atoms with E-state index in [-0.39, 0.29) is 34.6 Å². The molecule has 2 aromatic rings. The summed E-state index contributed by atoms with van der Waals surface area (Å²) in [7, 11) is 0. The summed E-state index contributed by atoms with van der Waals surface area (Å²) < 4.78 is 20.2. The molecule has 0 unspecified atom stereocenters. The second-order valence-corrected chi connectivity index (χ2v) is 12.1. The Morgan fingerprint density at radius 2 is 1.88 bits per heavy atom. The molecular weight excluding hydrogens is 633 g/mol. The number of piperidine rings is 1. The molecule has 2 aromatic carbocycles. The van der Waals surface area contributed by atoms with Crippen LogP contribution in [0.3, 0.4) is 0 Å². The lowest BCUT2D eigenvalue weighted by atomic mass is 9.88. The molecule has 0 bridgehead atoms. The van der Waals surface area contributed by atoms with Crippen LogP contribution in [0, 0.1) is 11.7 Å². The van der Waals surface area contributed by atoms with Gasteiger partial charge in [-0.05, 0) is 99.1 Å². The Hall–Kier alpha value is -2.01. The molecule has 1 atom stereocenters. The Kier molecular flexibility index (Phi) is 12.9. The smallest absolute Gasteiger partial charge is 0.239 e. The van der Waals surface area contributed by atoms with E-state index in [4.69, 9.17) is 22.1 Å². The van der Waals surface area contributed by atoms with E-state index in [0.717, 1.165) is 63.4 Å². The van der Waals surface area contributed by atoms with Gasteiger partial charge >= 0.3 is 0 Å². The van der Waals surface area contributed by atoms with E-state index in [0.29, 0.717) is 50.6 Å². The first-order valence-electron chi connectivity index (χ1n) is 15.5. The van der Waals surface area contributed by atoms with E-state index in [1.165, 1.54) is 22.8 Å². The Bertz CT molecular complexity index is 1250. The van der Waals surface area contributed by atoms with Gasteiger partial charge in [-0.25, -0.2) is 4.39 Å². The van der Waals surface area contributed by atoms with Gasteiger partial charge < -0.3 is 25.6 Å². The lowest BCUT2D eigenvalue weighted by Gasteiger charge is -2.39. The number of nitrogens with zero attached hydrogens (tertiary/aromatic N) is 3. The minimum atomic E-state index is -0.471. The summed E-state index contributed by atoms with van der Waals surface area (Å²) >= 11 is 6.38. The average Bonchev–Trinajstić information content (AvgIpc) is 3.02. The predicted octanol–water partition coefficient (Wildman–Crippen LogP) is 4.76. The van der Waals surface area contributed by atoms with Crippen LogP contribution in [0.1, 0.15) is 42.9 Å². The van der Waals surface area contributed by atoms with Crippen molar-refractivity contribution < 1.29 is 13.9 Å². The fourth-order valence-electron chi connectivity index (χ4n) is 6.51. The van der Waals surface area contributed by atoms with Crippen molar-refractivity contribution in [1.82, 2.24) is 20.0 Å². The molecule has 7 nitrogen and oxygen atoms in total. The first-order chi connectivity index (χ1) is 20.4. The minimum Gasteiger partial charge on any atom is -0.493 e. The van der Waals surface area contributed by atoms with Gasteiger partial charge in [-0.2, -0.15) is 0 Å². The van der Waals surface area contributed by atoms with Crippen molar-refractivity contribution in [3.63, 3.8) is 0 Å². The molecule has 0 aliphatic carbocycles. The molecule has 5 rings (SSSR count). The van der Waals surface area contributed by atoms with Gasteiger partial charge in [0.05, 0.1) is 12.6 Å². The molecule has 2 fully saturated rings. The number of likely N-dealkylation sites (tertiary alicyclic amines) is 1. The van der Waals surface area contributed by atoms with E-state index >= 15 is 0 Å². The highest BCUT2D eigenvalue weighted by atomic mass is 79.9. The molecule has 0 spiro atoms. The van der Waals surface area contributed by atoms with Crippen LogP contribution >= 0.6 is 28.6 Å². The van der Waals surface area contributed by atoms with Crippen LogP contribution in [0.2, 0.25) is 5.02 Å². The molecule has 10 heteroatoms. The van der Waals surface area contributed by atoms with Gasteiger partial charge in [-0.3, -0.25) is 9.69 Å². The number of nitrogens with one attached hydrogen (secondary N) is 1. The average molecular weight is 679 g/mol. The Labute approximate surface area is 271 Å². The van der Waals surface area contributed by atoms with Crippen LogP contribution in [0.4, 0.5) is 4.39 Å². The maximum Gasteiger partial charge on any atom is 0.239 e. The lowest BCUT2D eigenvalue weighted by molar-refractivity contribution is -0.136. The first-order valence-corrected chi connectivity index (χ1v) is 15.9. The summed E-state index contributed by atoms with van der Waals surface area (Å²) in [5.74, 6) is 0.588. The van der Waals surface area contributed by atoms with Gasteiger partial charge in [0.15, 0.2) is 0 Å². The monoisotopic (exact) mass is 677 g/mol. The van der Waals surface area contributed by atoms with E-state index in [1.807, 2.05) is 24.0 Å². The third-order valence-electron chi connectivity index (χ3n) is 9.04. The zero-order valence-electron chi connectivity index (χ0n) is 25.2. The number of ether oxygens (including phenoxy) is 1. The first kappa shape index (κ1) is 33.9. The number of hydrogen-bond acceptors (Lipinski definition) is 6. The summed E-state index contributed by atoms with van der Waals surface area (Å²) in [6.07, 6.45) is 6.15. The zero-order chi connectivity index (χ0) is 29.5. The molecule has 1 amide bonds. The van der Waals surface area contributed by atoms with Crippen LogP contribution in [-0.4, -0.2) is 92.2 Å². The van der Waals surface area contributed by atoms with E-state index in [1.54, 1.807) is 6.07 Å². The molecular formula is C33H46BrClFN5O2. The number of nitrogens with two attached hydrogens (primary N) is 1. The molecule has 0 radical (unpaired) electrons. The van der Waals surface area contributed by atoms with Crippen molar-refractivity contribution in [3.05, 3.63) is 70.0 Å². The fraction of sp³-hybridized carbons (Fsp3) is 0.545. The normalized spacial score (nSPS) is 19.4.